The third kappa shape index (κ3) is 6.78. The average Bonchev–Trinajstić information content (AvgIpc) is 3.18. The Labute approximate surface area is 153 Å². The fraction of sp³-hybridized carbons (Fsp3) is 0.143. The van der Waals surface area contributed by atoms with Gasteiger partial charge in [0.1, 0.15) is 0 Å². The van der Waals surface area contributed by atoms with Crippen molar-refractivity contribution >= 4 is 25.4 Å². The van der Waals surface area contributed by atoms with Crippen LogP contribution in [0.15, 0.2) is 72.8 Å². The van der Waals surface area contributed by atoms with E-state index in [1.807, 2.05) is 12.2 Å². The quantitative estimate of drug-likeness (QED) is 0.385. The van der Waals surface area contributed by atoms with Gasteiger partial charge in [-0.3, -0.25) is 6.08 Å². The van der Waals surface area contributed by atoms with Crippen LogP contribution in [0.2, 0.25) is 0 Å². The van der Waals surface area contributed by atoms with Crippen molar-refractivity contribution < 1.29 is 29.4 Å². The maximum absolute atomic E-state index is 2.99. The van der Waals surface area contributed by atoms with Crippen molar-refractivity contribution in [1.82, 2.24) is 0 Å². The molecule has 0 unspecified atom stereocenters. The van der Waals surface area contributed by atoms with E-state index in [1.54, 1.807) is 0 Å². The van der Waals surface area contributed by atoms with E-state index in [-0.39, 0.29) is 9.41 Å². The first kappa shape index (κ1) is 22.2. The third-order valence-corrected chi connectivity index (χ3v) is 3.11. The van der Waals surface area contributed by atoms with Crippen LogP contribution < -0.4 is 9.41 Å². The van der Waals surface area contributed by atoms with E-state index in [4.69, 9.17) is 0 Å². The molecule has 124 valence electrons. The Hall–Kier alpha value is -1.77. The maximum Gasteiger partial charge on any atom is -0.0771 e. The Bertz CT molecular complexity index is 748. The molecule has 0 bridgehead atoms. The van der Waals surface area contributed by atoms with Gasteiger partial charge in [-0.1, -0.05) is 36.4 Å². The van der Waals surface area contributed by atoms with E-state index in [9.17, 15) is 0 Å². The van der Waals surface area contributed by atoms with Gasteiger partial charge in [0, 0.05) is 0 Å². The van der Waals surface area contributed by atoms with Gasteiger partial charge in [-0.05, 0) is 0 Å². The summed E-state index contributed by atoms with van der Waals surface area (Å²) in [4.78, 5) is 0. The minimum Gasteiger partial charge on any atom is -1.00 e. The Kier molecular flexibility index (Phi) is 10.9. The SMILES string of the molecule is C[C](C)=[Ti+2].[C-]1=CC=CC1.[F-].[F-].c1ccc2c(c1)[cH-]c1ccccc12. The number of allylic oxidation sites excluding steroid dienone is 4. The molecule has 0 saturated heterocycles. The molecule has 0 radical (unpaired) electrons. The van der Waals surface area contributed by atoms with Crippen LogP contribution in [0.3, 0.4) is 0 Å². The molecule has 24 heavy (non-hydrogen) atoms. The van der Waals surface area contributed by atoms with E-state index in [1.165, 1.54) is 25.4 Å². The molecular formula is C21H20F2Ti-2. The number of halogens is 2. The van der Waals surface area contributed by atoms with Crippen LogP contribution in [0, 0.1) is 6.08 Å². The van der Waals surface area contributed by atoms with Crippen molar-refractivity contribution in [2.75, 3.05) is 0 Å². The molecule has 0 spiro atoms. The van der Waals surface area contributed by atoms with E-state index in [0.717, 1.165) is 6.42 Å². The molecule has 3 aromatic carbocycles. The second-order valence-electron chi connectivity index (χ2n) is 5.32. The zero-order valence-electron chi connectivity index (χ0n) is 13.9. The molecule has 1 aliphatic carbocycles. The summed E-state index contributed by atoms with van der Waals surface area (Å²) < 4.78 is 1.42. The predicted molar refractivity (Wildman–Crippen MR) is 95.0 cm³/mol. The first-order valence-electron chi connectivity index (χ1n) is 7.45. The first-order valence-corrected chi connectivity index (χ1v) is 8.23. The molecule has 3 aromatic rings. The summed E-state index contributed by atoms with van der Waals surface area (Å²) in [6.45, 7) is 4.17. The first-order chi connectivity index (χ1) is 10.7. The normalized spacial score (nSPS) is 10.8. The molecule has 0 amide bonds. The van der Waals surface area contributed by atoms with Crippen LogP contribution >= 0.6 is 0 Å². The minimum atomic E-state index is 0. The zero-order valence-corrected chi connectivity index (χ0v) is 15.5. The number of benzene rings is 2. The topological polar surface area (TPSA) is 0 Å². The summed E-state index contributed by atoms with van der Waals surface area (Å²) >= 11 is 2.08. The predicted octanol–water partition coefficient (Wildman–Crippen LogP) is -0.229. The van der Waals surface area contributed by atoms with Gasteiger partial charge in [-0.25, -0.2) is 12.2 Å². The Morgan fingerprint density at radius 1 is 0.917 bits per heavy atom. The van der Waals surface area contributed by atoms with Crippen LogP contribution in [0.1, 0.15) is 20.3 Å². The van der Waals surface area contributed by atoms with Crippen LogP contribution in [-0.2, 0) is 20.0 Å². The van der Waals surface area contributed by atoms with Crippen molar-refractivity contribution in [1.29, 1.82) is 0 Å². The minimum absolute atomic E-state index is 0. The van der Waals surface area contributed by atoms with Gasteiger partial charge in [-0.15, -0.1) is 46.2 Å². The monoisotopic (exact) mass is 358 g/mol. The molecule has 3 heteroatoms. The third-order valence-electron chi connectivity index (χ3n) is 3.11. The number of rotatable bonds is 0. The average molecular weight is 358 g/mol. The van der Waals surface area contributed by atoms with E-state index >= 15 is 0 Å². The van der Waals surface area contributed by atoms with E-state index in [0.29, 0.717) is 0 Å². The standard InChI is InChI=1S/C13H9.C5H5.C3H6.2FH.Ti/c1-3-7-12-10(5-1)9-11-6-2-4-8-13(11)12;1-2-4-5-3-1;1-3-2;;;/h1-9H;1-3H,4H2;1-2H3;2*1H;/q2*-1;;;;+2/p-2. The molecule has 0 aromatic heterocycles. The molecule has 0 heterocycles. The summed E-state index contributed by atoms with van der Waals surface area (Å²) in [6, 6.07) is 19.3. The number of fused-ring (bicyclic) bond motifs is 3. The van der Waals surface area contributed by atoms with E-state index < -0.39 is 0 Å². The van der Waals surface area contributed by atoms with Crippen LogP contribution in [0.5, 0.6) is 0 Å². The van der Waals surface area contributed by atoms with E-state index in [2.05, 4.69) is 101 Å². The van der Waals surface area contributed by atoms with Crippen molar-refractivity contribution in [2.45, 2.75) is 20.3 Å². The molecule has 0 aliphatic heterocycles. The van der Waals surface area contributed by atoms with Crippen molar-refractivity contribution in [3.05, 3.63) is 78.9 Å². The Morgan fingerprint density at radius 2 is 1.38 bits per heavy atom. The molecule has 1 aliphatic rings. The molecule has 4 rings (SSSR count). The van der Waals surface area contributed by atoms with Crippen molar-refractivity contribution in [3.63, 3.8) is 0 Å². The number of hydrogen-bond donors (Lipinski definition) is 0. The Balaban J connectivity index is 0.000000409. The van der Waals surface area contributed by atoms with Crippen LogP contribution in [-0.4, -0.2) is 3.81 Å². The summed E-state index contributed by atoms with van der Waals surface area (Å²) in [5.41, 5.74) is 0. The summed E-state index contributed by atoms with van der Waals surface area (Å²) in [7, 11) is 0. The van der Waals surface area contributed by atoms with Crippen LogP contribution in [0.4, 0.5) is 0 Å². The molecule has 0 N–H and O–H groups in total. The molecule has 0 fully saturated rings. The smallest absolute Gasteiger partial charge is 0.0771 e. The van der Waals surface area contributed by atoms with Gasteiger partial charge >= 0.3 is 37.6 Å². The van der Waals surface area contributed by atoms with Gasteiger partial charge in [-0.2, -0.15) is 6.08 Å². The molecular weight excluding hydrogens is 338 g/mol. The van der Waals surface area contributed by atoms with Gasteiger partial charge < -0.3 is 9.41 Å². The summed E-state index contributed by atoms with van der Waals surface area (Å²) in [5.74, 6) is 0. The van der Waals surface area contributed by atoms with Crippen LogP contribution in [0.25, 0.3) is 21.5 Å². The number of hydrogen-bond acceptors (Lipinski definition) is 0. The summed E-state index contributed by atoms with van der Waals surface area (Å²) in [6.07, 6.45) is 10.0. The van der Waals surface area contributed by atoms with Gasteiger partial charge in [0.25, 0.3) is 0 Å². The van der Waals surface area contributed by atoms with Gasteiger partial charge in [0.05, 0.1) is 0 Å². The fourth-order valence-corrected chi connectivity index (χ4v) is 2.24. The molecule has 0 saturated carbocycles. The second-order valence-corrected chi connectivity index (χ2v) is 6.88. The van der Waals surface area contributed by atoms with Crippen molar-refractivity contribution in [3.8, 4) is 0 Å². The molecule has 0 nitrogen and oxygen atoms in total. The maximum atomic E-state index is 2.99. The van der Waals surface area contributed by atoms with Crippen molar-refractivity contribution in [2.24, 2.45) is 0 Å². The largest absolute Gasteiger partial charge is 1.00 e. The second kappa shape index (κ2) is 11.7. The fourth-order valence-electron chi connectivity index (χ4n) is 2.24. The van der Waals surface area contributed by atoms with Gasteiger partial charge in [0.15, 0.2) is 0 Å². The zero-order chi connectivity index (χ0) is 15.8. The van der Waals surface area contributed by atoms with Gasteiger partial charge in [0.2, 0.25) is 0 Å². The molecule has 0 atom stereocenters. The Morgan fingerprint density at radius 3 is 1.71 bits per heavy atom. The summed E-state index contributed by atoms with van der Waals surface area (Å²) in [5, 5.41) is 5.39.